The van der Waals surface area contributed by atoms with Crippen molar-refractivity contribution in [2.75, 3.05) is 196 Å². The number of hydrogen-bond donors (Lipinski definition) is 5. The maximum Gasteiger partial charge on any atom is 0.313 e. The van der Waals surface area contributed by atoms with Crippen LogP contribution in [0.1, 0.15) is 79.8 Å². The number of nitrogens with one attached hydrogen (secondary N) is 2. The minimum absolute atomic E-state index is 0.00953. The third-order valence-electron chi connectivity index (χ3n) is 16.8. The van der Waals surface area contributed by atoms with E-state index in [1.54, 1.807) is 56.6 Å². The van der Waals surface area contributed by atoms with Crippen LogP contribution in [-0.4, -0.2) is 276 Å². The van der Waals surface area contributed by atoms with Gasteiger partial charge in [0.2, 0.25) is 41.1 Å². The van der Waals surface area contributed by atoms with Crippen molar-refractivity contribution in [3.8, 4) is 17.2 Å². The normalized spacial score (nSPS) is 13.0. The standard InChI is InChI=1S/C71H96F4N14O21S/c1-6-88-53(41-47(3)82-88)68(93)80-70-78-51-43-49(66(76)91)45-55(98-5)62(51)86(70)13-8-9-14-87-63-52(79-71(87)81-69(94)54-42-48(4)83-89(54)7-2)44-50(67(77)92)46-56(63)109-20-10-12-84-15-17-85(18-16-84)19-22-100-24-26-102-28-30-104-32-34-106-36-38-108-40-39-107-37-35-105-33-31-103-29-27-101-25-23-99-21-11-57(90)110-64-58(72)60(74)65(111(95,96)97)61(75)59(64)73/h8-9,41-46H,6-7,10-40H2,1-5H3,(H2,76,91)(H2,77,92)(H,78,80,93)(H,79,81,94)(H,95,96,97)/b9-8+. The number of methoxy groups -OCH3 is 1. The summed E-state index contributed by atoms with van der Waals surface area (Å²) < 4.78 is 165. The highest BCUT2D eigenvalue weighted by molar-refractivity contribution is 7.85. The summed E-state index contributed by atoms with van der Waals surface area (Å²) >= 11 is 0. The summed E-state index contributed by atoms with van der Waals surface area (Å²) in [6, 6.07) is 9.54. The Morgan fingerprint density at radius 2 is 0.883 bits per heavy atom. The Morgan fingerprint density at radius 1 is 0.514 bits per heavy atom. The van der Waals surface area contributed by atoms with Crippen molar-refractivity contribution in [1.82, 2.24) is 48.5 Å². The van der Waals surface area contributed by atoms with Crippen molar-refractivity contribution in [2.45, 2.75) is 71.6 Å². The Kier molecular flexibility index (Phi) is 35.3. The first-order valence-corrected chi connectivity index (χ1v) is 37.4. The Hall–Kier alpha value is -9.14. The fourth-order valence-corrected chi connectivity index (χ4v) is 12.0. The number of esters is 1. The van der Waals surface area contributed by atoms with Gasteiger partial charge in [-0.2, -0.15) is 27.4 Å². The number of fused-ring (bicyclic) bond motifs is 2. The number of piperazine rings is 1. The summed E-state index contributed by atoms with van der Waals surface area (Å²) in [6.07, 6.45) is 3.76. The number of allylic oxidation sites excluding steroid dienone is 2. The van der Waals surface area contributed by atoms with Crippen LogP contribution in [0.3, 0.4) is 0 Å². The van der Waals surface area contributed by atoms with Crippen LogP contribution in [0.25, 0.3) is 22.1 Å². The van der Waals surface area contributed by atoms with E-state index in [1.807, 2.05) is 26.0 Å². The van der Waals surface area contributed by atoms with E-state index in [-0.39, 0.29) is 75.8 Å². The molecule has 40 heteroatoms. The quantitative estimate of drug-likeness (QED) is 0.00653. The number of nitrogens with two attached hydrogens (primary N) is 2. The van der Waals surface area contributed by atoms with Crippen LogP contribution in [-0.2, 0) is 88.5 Å². The molecule has 4 amide bonds. The second-order valence-corrected chi connectivity index (χ2v) is 26.0. The molecule has 0 radical (unpaired) electrons. The van der Waals surface area contributed by atoms with Crippen LogP contribution >= 0.6 is 0 Å². The second kappa shape index (κ2) is 44.8. The molecule has 0 bridgehead atoms. The Morgan fingerprint density at radius 3 is 1.26 bits per heavy atom. The first-order valence-electron chi connectivity index (χ1n) is 36.0. The van der Waals surface area contributed by atoms with Gasteiger partial charge in [0.1, 0.15) is 33.9 Å². The number of carbonyl (C=O) groups is 5. The molecule has 1 aliphatic rings. The van der Waals surface area contributed by atoms with E-state index >= 15 is 0 Å². The molecule has 0 aliphatic carbocycles. The number of ether oxygens (including phenoxy) is 13. The number of amides is 4. The molecule has 0 saturated carbocycles. The molecule has 5 heterocycles. The fraction of sp³-hybridized carbons (Fsp3) is 0.535. The molecular formula is C71H96F4N14O21S. The molecule has 0 unspecified atom stereocenters. The highest BCUT2D eigenvalue weighted by Crippen LogP contribution is 2.35. The molecule has 7 N–H and O–H groups in total. The minimum atomic E-state index is -5.66. The van der Waals surface area contributed by atoms with Crippen molar-refractivity contribution >= 4 is 73.7 Å². The van der Waals surface area contributed by atoms with Crippen molar-refractivity contribution in [2.24, 2.45) is 11.5 Å². The monoisotopic (exact) mass is 1590 g/mol. The topological polar surface area (TPSA) is 414 Å². The molecule has 610 valence electrons. The number of aryl methyl sites for hydroxylation is 4. The largest absolute Gasteiger partial charge is 0.494 e. The van der Waals surface area contributed by atoms with Crippen LogP contribution in [0.15, 0.2) is 53.4 Å². The zero-order chi connectivity index (χ0) is 79.8. The number of aromatic nitrogens is 8. The van der Waals surface area contributed by atoms with E-state index in [4.69, 9.17) is 82.8 Å². The summed E-state index contributed by atoms with van der Waals surface area (Å²) in [6.45, 7) is 20.1. The third-order valence-corrected chi connectivity index (χ3v) is 17.7. The van der Waals surface area contributed by atoms with Gasteiger partial charge in [0.15, 0.2) is 16.5 Å². The van der Waals surface area contributed by atoms with Gasteiger partial charge in [0.25, 0.3) is 11.8 Å². The summed E-state index contributed by atoms with van der Waals surface area (Å²) in [5.74, 6) is -14.0. The van der Waals surface area contributed by atoms with Gasteiger partial charge in [-0.25, -0.2) is 18.7 Å². The molecule has 1 fully saturated rings. The maximum absolute atomic E-state index is 14.1. The number of primary amides is 2. The van der Waals surface area contributed by atoms with Crippen LogP contribution in [0.2, 0.25) is 0 Å². The van der Waals surface area contributed by atoms with Crippen molar-refractivity contribution < 1.29 is 116 Å². The number of benzene rings is 3. The summed E-state index contributed by atoms with van der Waals surface area (Å²) in [5, 5.41) is 14.8. The molecule has 1 saturated heterocycles. The summed E-state index contributed by atoms with van der Waals surface area (Å²) in [7, 11) is -4.21. The van der Waals surface area contributed by atoms with Crippen LogP contribution in [0.4, 0.5) is 29.5 Å². The average Bonchev–Trinajstić information content (AvgIpc) is 1.76. The zero-order valence-corrected chi connectivity index (χ0v) is 63.4. The number of rotatable bonds is 53. The van der Waals surface area contributed by atoms with Gasteiger partial charge < -0.3 is 87.1 Å². The predicted molar refractivity (Wildman–Crippen MR) is 391 cm³/mol. The van der Waals surface area contributed by atoms with E-state index < -0.39 is 80.1 Å². The van der Waals surface area contributed by atoms with Gasteiger partial charge in [0.05, 0.1) is 175 Å². The number of imidazole rings is 2. The SMILES string of the molecule is CCn1nc(C)cc1C(=O)Nc1nc2cc(C(N)=O)cc(OC)c2n1C/C=C/Cn1c(NC(=O)c2cc(C)nn2CC)nc2cc(C(N)=O)cc(OCCCN3CCN(CCOCCOCCOCCOCCOCCOCCOCCOCCOCCOCCC(=O)Oc4c(F)c(F)c(S(=O)(=O)O)c(F)c4F)CC3)c21. The zero-order valence-electron chi connectivity index (χ0n) is 62.6. The molecule has 0 spiro atoms. The van der Waals surface area contributed by atoms with E-state index in [9.17, 15) is 50.0 Å². The van der Waals surface area contributed by atoms with Gasteiger partial charge in [-0.1, -0.05) is 12.2 Å². The third kappa shape index (κ3) is 26.2. The minimum Gasteiger partial charge on any atom is -0.494 e. The average molecular weight is 1590 g/mol. The fourth-order valence-electron chi connectivity index (χ4n) is 11.4. The molecule has 8 rings (SSSR count). The molecule has 1 aliphatic heterocycles. The molecular weight excluding hydrogens is 1490 g/mol. The van der Waals surface area contributed by atoms with Crippen LogP contribution < -0.4 is 36.3 Å². The number of carbonyl (C=O) groups excluding carboxylic acids is 5. The number of nitrogens with zero attached hydrogens (tertiary/aromatic N) is 10. The van der Waals surface area contributed by atoms with Crippen LogP contribution in [0.5, 0.6) is 17.2 Å². The summed E-state index contributed by atoms with van der Waals surface area (Å²) in [5.41, 5.74) is 15.5. The second-order valence-electron chi connectivity index (χ2n) is 24.7. The number of halogens is 4. The highest BCUT2D eigenvalue weighted by Gasteiger charge is 2.34. The molecule has 4 aromatic heterocycles. The first kappa shape index (κ1) is 87.4. The first-order chi connectivity index (χ1) is 53.5. The summed E-state index contributed by atoms with van der Waals surface area (Å²) in [4.78, 5) is 77.0. The van der Waals surface area contributed by atoms with Gasteiger partial charge >= 0.3 is 16.1 Å². The van der Waals surface area contributed by atoms with Crippen LogP contribution in [0, 0.1) is 37.1 Å². The lowest BCUT2D eigenvalue weighted by Gasteiger charge is -2.34. The van der Waals surface area contributed by atoms with Gasteiger partial charge in [-0.3, -0.25) is 53.4 Å². The van der Waals surface area contributed by atoms with Crippen molar-refractivity contribution in [3.05, 3.63) is 106 Å². The van der Waals surface area contributed by atoms with Crippen molar-refractivity contribution in [1.29, 1.82) is 0 Å². The molecule has 3 aromatic carbocycles. The Balaban J connectivity index is 0.646. The molecule has 111 heavy (non-hydrogen) atoms. The Labute approximate surface area is 637 Å². The van der Waals surface area contributed by atoms with E-state index in [0.717, 1.165) is 39.3 Å². The Bertz CT molecular complexity index is 4350. The van der Waals surface area contributed by atoms with E-state index in [0.29, 0.717) is 175 Å². The lowest BCUT2D eigenvalue weighted by Crippen LogP contribution is -2.47. The smallest absolute Gasteiger partial charge is 0.313 e. The van der Waals surface area contributed by atoms with Crippen molar-refractivity contribution in [3.63, 3.8) is 0 Å². The number of hydrogen-bond acceptors (Lipinski definition) is 26. The molecule has 7 aromatic rings. The molecule has 35 nitrogen and oxygen atoms in total. The lowest BCUT2D eigenvalue weighted by molar-refractivity contribution is -0.136. The number of anilines is 2. The predicted octanol–water partition coefficient (Wildman–Crippen LogP) is 4.75. The molecule has 0 atom stereocenters. The maximum atomic E-state index is 14.1. The highest BCUT2D eigenvalue weighted by atomic mass is 32.2. The van der Waals surface area contributed by atoms with Gasteiger partial charge in [-0.05, 0) is 70.5 Å². The lowest BCUT2D eigenvalue weighted by atomic mass is 10.1. The van der Waals surface area contributed by atoms with Gasteiger partial charge in [-0.15, -0.1) is 0 Å². The van der Waals surface area contributed by atoms with E-state index in [1.165, 1.54) is 19.2 Å². The van der Waals surface area contributed by atoms with E-state index in [2.05, 4.69) is 35.4 Å². The van der Waals surface area contributed by atoms with Gasteiger partial charge in [0, 0.05) is 76.6 Å².